The summed E-state index contributed by atoms with van der Waals surface area (Å²) in [4.78, 5) is 12.8. The second-order valence-corrected chi connectivity index (χ2v) is 10.9. The summed E-state index contributed by atoms with van der Waals surface area (Å²) in [6.45, 7) is 10.4. The second kappa shape index (κ2) is 9.13. The molecule has 2 aliphatic carbocycles. The third-order valence-corrected chi connectivity index (χ3v) is 8.66. The van der Waals surface area contributed by atoms with Crippen LogP contribution in [0, 0.1) is 30.1 Å². The third-order valence-electron chi connectivity index (χ3n) is 8.66. The number of rotatable bonds is 7. The summed E-state index contributed by atoms with van der Waals surface area (Å²) in [6.07, 6.45) is 8.39. The Bertz CT molecular complexity index is 979. The lowest BCUT2D eigenvalue weighted by atomic mass is 9.55. The van der Waals surface area contributed by atoms with Gasteiger partial charge in [0.2, 0.25) is 0 Å². The van der Waals surface area contributed by atoms with Crippen LogP contribution in [-0.4, -0.2) is 25.2 Å². The highest BCUT2D eigenvalue weighted by molar-refractivity contribution is 5.75. The Hall–Kier alpha value is -2.33. The van der Waals surface area contributed by atoms with Crippen LogP contribution in [-0.2, 0) is 9.53 Å². The van der Waals surface area contributed by atoms with Gasteiger partial charge in [-0.05, 0) is 81.0 Å². The number of ether oxygens (including phenoxy) is 1. The molecule has 1 N–H and O–H groups in total. The van der Waals surface area contributed by atoms with Gasteiger partial charge in [-0.25, -0.2) is 0 Å². The first-order valence-electron chi connectivity index (χ1n) is 12.6. The van der Waals surface area contributed by atoms with Gasteiger partial charge in [-0.1, -0.05) is 48.9 Å². The molecule has 1 saturated heterocycles. The molecule has 4 heteroatoms. The highest BCUT2D eigenvalue weighted by Gasteiger charge is 2.54. The minimum atomic E-state index is -0.0456. The van der Waals surface area contributed by atoms with Crippen LogP contribution >= 0.6 is 0 Å². The third kappa shape index (κ3) is 4.42. The number of aryl methyl sites for hydroxylation is 1. The van der Waals surface area contributed by atoms with Gasteiger partial charge in [0.05, 0.1) is 12.2 Å². The Labute approximate surface area is 197 Å². The molecular weight excluding hydrogens is 410 g/mol. The van der Waals surface area contributed by atoms with Crippen molar-refractivity contribution in [3.8, 4) is 0 Å². The van der Waals surface area contributed by atoms with Crippen LogP contribution in [0.15, 0.2) is 59.2 Å². The largest absolute Gasteiger partial charge is 0.469 e. The molecule has 2 aromatic rings. The number of carbonyl (C=O) groups is 1. The van der Waals surface area contributed by atoms with Gasteiger partial charge in [-0.2, -0.15) is 0 Å². The fourth-order valence-corrected chi connectivity index (χ4v) is 6.75. The summed E-state index contributed by atoms with van der Waals surface area (Å²) < 4.78 is 11.7. The highest BCUT2D eigenvalue weighted by Crippen LogP contribution is 2.56. The van der Waals surface area contributed by atoms with E-state index in [-0.39, 0.29) is 29.3 Å². The zero-order valence-electron chi connectivity index (χ0n) is 20.0. The van der Waals surface area contributed by atoms with Crippen LogP contribution in [0.5, 0.6) is 0 Å². The minimum absolute atomic E-state index is 0.00789. The van der Waals surface area contributed by atoms with Crippen molar-refractivity contribution < 1.29 is 13.9 Å². The van der Waals surface area contributed by atoms with Crippen LogP contribution in [0.1, 0.15) is 68.3 Å². The Morgan fingerprint density at radius 3 is 2.82 bits per heavy atom. The number of hydrogen-bond donors (Lipinski definition) is 1. The number of hydrogen-bond acceptors (Lipinski definition) is 4. The zero-order chi connectivity index (χ0) is 23.0. The molecule has 0 bridgehead atoms. The Balaban J connectivity index is 1.21. The molecule has 6 atom stereocenters. The topological polar surface area (TPSA) is 51.5 Å². The van der Waals surface area contributed by atoms with Gasteiger partial charge in [0, 0.05) is 18.4 Å². The summed E-state index contributed by atoms with van der Waals surface area (Å²) in [5, 5.41) is 3.59. The van der Waals surface area contributed by atoms with E-state index in [1.54, 1.807) is 6.26 Å². The van der Waals surface area contributed by atoms with Gasteiger partial charge in [0.25, 0.3) is 0 Å². The predicted molar refractivity (Wildman–Crippen MR) is 130 cm³/mol. The van der Waals surface area contributed by atoms with Crippen molar-refractivity contribution in [1.29, 1.82) is 0 Å². The molecule has 1 aromatic heterocycles. The van der Waals surface area contributed by atoms with Crippen molar-refractivity contribution in [2.75, 3.05) is 13.1 Å². The van der Waals surface area contributed by atoms with Gasteiger partial charge in [-0.15, -0.1) is 0 Å². The van der Waals surface area contributed by atoms with E-state index < -0.39 is 0 Å². The Morgan fingerprint density at radius 2 is 2.06 bits per heavy atom. The van der Waals surface area contributed by atoms with Gasteiger partial charge in [0.15, 0.2) is 0 Å². The molecule has 2 heterocycles. The maximum absolute atomic E-state index is 12.8. The normalized spacial score (nSPS) is 32.2. The highest BCUT2D eigenvalue weighted by atomic mass is 16.6. The van der Waals surface area contributed by atoms with Crippen LogP contribution in [0.2, 0.25) is 0 Å². The molecule has 1 aromatic carbocycles. The average molecular weight is 448 g/mol. The molecule has 2 saturated carbocycles. The molecule has 0 amide bonds. The number of esters is 1. The summed E-state index contributed by atoms with van der Waals surface area (Å²) >= 11 is 0. The molecule has 1 aliphatic heterocycles. The van der Waals surface area contributed by atoms with Crippen molar-refractivity contribution in [1.82, 2.24) is 5.32 Å². The number of furan rings is 1. The summed E-state index contributed by atoms with van der Waals surface area (Å²) in [5.41, 5.74) is 4.17. The molecule has 0 unspecified atom stereocenters. The van der Waals surface area contributed by atoms with E-state index in [9.17, 15) is 4.79 Å². The quantitative estimate of drug-likeness (QED) is 0.321. The monoisotopic (exact) mass is 447 g/mol. The number of fused-ring (bicyclic) bond motifs is 2. The minimum Gasteiger partial charge on any atom is -0.469 e. The Kier molecular flexibility index (Phi) is 6.22. The maximum Gasteiger partial charge on any atom is 0.310 e. The maximum atomic E-state index is 12.8. The van der Waals surface area contributed by atoms with Crippen LogP contribution < -0.4 is 5.32 Å². The van der Waals surface area contributed by atoms with Gasteiger partial charge in [-0.3, -0.25) is 4.79 Å². The zero-order valence-corrected chi connectivity index (χ0v) is 20.0. The Morgan fingerprint density at radius 1 is 1.24 bits per heavy atom. The lowest BCUT2D eigenvalue weighted by Gasteiger charge is -2.50. The van der Waals surface area contributed by atoms with E-state index in [2.05, 4.69) is 56.1 Å². The van der Waals surface area contributed by atoms with Crippen molar-refractivity contribution >= 4 is 5.97 Å². The van der Waals surface area contributed by atoms with Crippen molar-refractivity contribution in [2.24, 2.45) is 23.2 Å². The first kappa shape index (κ1) is 22.5. The first-order chi connectivity index (χ1) is 15.9. The SMILES string of the molecule is C=C1CCC[C@]2(C)C[C@H]3OC(=O)[C@@H](CNCC[C@H](c4ccc(C)cc4)c4ccco4)[C@H]3C[C@@H]12. The molecule has 5 rings (SSSR count). The summed E-state index contributed by atoms with van der Waals surface area (Å²) in [7, 11) is 0. The molecular formula is C29H37NO3. The van der Waals surface area contributed by atoms with E-state index in [4.69, 9.17) is 9.15 Å². The summed E-state index contributed by atoms with van der Waals surface area (Å²) in [5.74, 6) is 1.99. The van der Waals surface area contributed by atoms with Gasteiger partial charge < -0.3 is 14.5 Å². The molecule has 176 valence electrons. The van der Waals surface area contributed by atoms with Gasteiger partial charge in [0.1, 0.15) is 11.9 Å². The lowest BCUT2D eigenvalue weighted by Crippen LogP contribution is -2.45. The first-order valence-corrected chi connectivity index (χ1v) is 12.6. The molecule has 33 heavy (non-hydrogen) atoms. The van der Waals surface area contributed by atoms with Crippen molar-refractivity contribution in [2.45, 2.75) is 64.4 Å². The van der Waals surface area contributed by atoms with Crippen molar-refractivity contribution in [3.63, 3.8) is 0 Å². The fourth-order valence-electron chi connectivity index (χ4n) is 6.75. The van der Waals surface area contributed by atoms with Crippen LogP contribution in [0.25, 0.3) is 0 Å². The second-order valence-electron chi connectivity index (χ2n) is 10.9. The predicted octanol–water partition coefficient (Wildman–Crippen LogP) is 6.01. The summed E-state index contributed by atoms with van der Waals surface area (Å²) in [6, 6.07) is 12.7. The number of allylic oxidation sites excluding steroid dienone is 1. The average Bonchev–Trinajstić information content (AvgIpc) is 3.41. The molecule has 4 nitrogen and oxygen atoms in total. The molecule has 3 aliphatic rings. The van der Waals surface area contributed by atoms with E-state index in [0.717, 1.165) is 38.0 Å². The van der Waals surface area contributed by atoms with E-state index in [1.807, 2.05) is 6.07 Å². The number of carbonyl (C=O) groups excluding carboxylic acids is 1. The van der Waals surface area contributed by atoms with E-state index >= 15 is 0 Å². The molecule has 3 fully saturated rings. The van der Waals surface area contributed by atoms with Crippen LogP contribution in [0.4, 0.5) is 0 Å². The number of nitrogens with one attached hydrogen (secondary N) is 1. The molecule has 0 spiro atoms. The standard InChI is InChI=1S/C29H37NO3/c1-19-8-10-21(11-9-19)22(26-7-5-15-32-26)12-14-30-18-24-23-16-25-20(2)6-4-13-29(25,3)17-27(23)33-28(24)31/h5,7-11,15,22-25,27,30H,2,4,6,12-14,16-18H2,1,3H3/t22-,23-,24+,25+,27-,29-/m1/s1. The number of benzene rings is 1. The van der Waals surface area contributed by atoms with E-state index in [1.165, 1.54) is 29.5 Å². The van der Waals surface area contributed by atoms with Crippen molar-refractivity contribution in [3.05, 3.63) is 71.7 Å². The van der Waals surface area contributed by atoms with Gasteiger partial charge >= 0.3 is 5.97 Å². The molecule has 0 radical (unpaired) electrons. The fraction of sp³-hybridized carbons (Fsp3) is 0.552. The smallest absolute Gasteiger partial charge is 0.310 e. The van der Waals surface area contributed by atoms with Crippen LogP contribution in [0.3, 0.4) is 0 Å². The lowest BCUT2D eigenvalue weighted by molar-refractivity contribution is -0.146. The van der Waals surface area contributed by atoms with E-state index in [0.29, 0.717) is 18.4 Å².